The third-order valence-corrected chi connectivity index (χ3v) is 5.88. The van der Waals surface area contributed by atoms with Crippen LogP contribution in [0.2, 0.25) is 0 Å². The summed E-state index contributed by atoms with van der Waals surface area (Å²) >= 11 is 0. The van der Waals surface area contributed by atoms with Crippen molar-refractivity contribution in [3.8, 4) is 6.07 Å². The minimum atomic E-state index is -0.603. The zero-order valence-corrected chi connectivity index (χ0v) is 14.8. The second kappa shape index (κ2) is 6.84. The van der Waals surface area contributed by atoms with Crippen LogP contribution in [0.4, 0.5) is 5.69 Å². The smallest absolute Gasteiger partial charge is 0.243 e. The van der Waals surface area contributed by atoms with E-state index in [1.54, 1.807) is 4.90 Å². The van der Waals surface area contributed by atoms with Crippen molar-refractivity contribution in [3.05, 3.63) is 29.8 Å². The molecule has 0 N–H and O–H groups in total. The van der Waals surface area contributed by atoms with Crippen LogP contribution in [0.5, 0.6) is 0 Å². The Kier molecular flexibility index (Phi) is 4.80. The van der Waals surface area contributed by atoms with E-state index in [0.29, 0.717) is 12.6 Å². The van der Waals surface area contributed by atoms with Gasteiger partial charge in [0, 0.05) is 18.8 Å². The van der Waals surface area contributed by atoms with Crippen molar-refractivity contribution in [1.29, 1.82) is 5.26 Å². The van der Waals surface area contributed by atoms with E-state index < -0.39 is 5.54 Å². The first-order valence-electron chi connectivity index (χ1n) is 9.10. The molecule has 1 atom stereocenters. The van der Waals surface area contributed by atoms with Crippen LogP contribution >= 0.6 is 0 Å². The normalized spacial score (nSPS) is 22.4. The predicted molar refractivity (Wildman–Crippen MR) is 95.8 cm³/mol. The molecule has 0 aromatic heterocycles. The van der Waals surface area contributed by atoms with Gasteiger partial charge in [0.15, 0.2) is 0 Å². The van der Waals surface area contributed by atoms with Crippen molar-refractivity contribution < 1.29 is 4.79 Å². The van der Waals surface area contributed by atoms with Crippen LogP contribution in [0.25, 0.3) is 0 Å². The Balaban J connectivity index is 1.78. The molecule has 1 unspecified atom stereocenters. The Labute approximate surface area is 145 Å². The SMILES string of the molecule is CC1CCc2ccccc2N1CC(=O)N(C)C1(C#N)CCCCC1. The molecule has 128 valence electrons. The molecular weight excluding hydrogens is 298 g/mol. The molecule has 1 heterocycles. The number of benzene rings is 1. The third kappa shape index (κ3) is 3.00. The number of hydrogen-bond acceptors (Lipinski definition) is 3. The number of nitriles is 1. The highest BCUT2D eigenvalue weighted by molar-refractivity contribution is 5.83. The molecule has 1 fully saturated rings. The summed E-state index contributed by atoms with van der Waals surface area (Å²) in [5.74, 6) is 0.0574. The Hall–Kier alpha value is -2.02. The largest absolute Gasteiger partial charge is 0.359 e. The second-order valence-electron chi connectivity index (χ2n) is 7.30. The summed E-state index contributed by atoms with van der Waals surface area (Å²) in [6, 6.07) is 11.2. The topological polar surface area (TPSA) is 47.3 Å². The first-order valence-corrected chi connectivity index (χ1v) is 9.10. The summed E-state index contributed by atoms with van der Waals surface area (Å²) in [4.78, 5) is 16.9. The molecule has 0 spiro atoms. The van der Waals surface area contributed by atoms with Crippen molar-refractivity contribution in [3.63, 3.8) is 0 Å². The lowest BCUT2D eigenvalue weighted by molar-refractivity contribution is -0.133. The summed E-state index contributed by atoms with van der Waals surface area (Å²) in [5, 5.41) is 9.72. The number of anilines is 1. The first kappa shape index (κ1) is 16.8. The zero-order chi connectivity index (χ0) is 17.2. The van der Waals surface area contributed by atoms with Gasteiger partial charge >= 0.3 is 0 Å². The van der Waals surface area contributed by atoms with Crippen LogP contribution in [0.1, 0.15) is 51.0 Å². The molecule has 0 bridgehead atoms. The maximum Gasteiger partial charge on any atom is 0.243 e. The molecule has 0 radical (unpaired) electrons. The highest BCUT2D eigenvalue weighted by atomic mass is 16.2. The van der Waals surface area contributed by atoms with E-state index in [0.717, 1.165) is 38.5 Å². The van der Waals surface area contributed by atoms with Crippen molar-refractivity contribution in [2.45, 2.75) is 63.5 Å². The van der Waals surface area contributed by atoms with Crippen molar-refractivity contribution >= 4 is 11.6 Å². The second-order valence-corrected chi connectivity index (χ2v) is 7.30. The van der Waals surface area contributed by atoms with E-state index in [4.69, 9.17) is 0 Å². The molecular formula is C20H27N3O. The summed E-state index contributed by atoms with van der Waals surface area (Å²) < 4.78 is 0. The number of fused-ring (bicyclic) bond motifs is 1. The predicted octanol–water partition coefficient (Wildman–Crippen LogP) is 3.51. The Morgan fingerprint density at radius 3 is 2.75 bits per heavy atom. The number of nitrogens with zero attached hydrogens (tertiary/aromatic N) is 3. The van der Waals surface area contributed by atoms with Gasteiger partial charge < -0.3 is 9.80 Å². The van der Waals surface area contributed by atoms with Crippen LogP contribution < -0.4 is 4.90 Å². The van der Waals surface area contributed by atoms with Gasteiger partial charge in [-0.15, -0.1) is 0 Å². The fourth-order valence-electron chi connectivity index (χ4n) is 4.15. The van der Waals surface area contributed by atoms with Gasteiger partial charge in [0.05, 0.1) is 12.6 Å². The molecule has 1 aliphatic heterocycles. The molecule has 1 amide bonds. The van der Waals surface area contributed by atoms with E-state index in [-0.39, 0.29) is 5.91 Å². The lowest BCUT2D eigenvalue weighted by Crippen LogP contribution is -2.54. The Morgan fingerprint density at radius 1 is 1.33 bits per heavy atom. The summed E-state index contributed by atoms with van der Waals surface area (Å²) in [7, 11) is 1.82. The number of carbonyl (C=O) groups is 1. The van der Waals surface area contributed by atoms with E-state index in [1.165, 1.54) is 17.7 Å². The summed E-state index contributed by atoms with van der Waals surface area (Å²) in [6.07, 6.45) is 6.98. The molecule has 1 saturated carbocycles. The van der Waals surface area contributed by atoms with Gasteiger partial charge in [-0.3, -0.25) is 4.79 Å². The van der Waals surface area contributed by atoms with Crippen LogP contribution in [0, 0.1) is 11.3 Å². The molecule has 1 aromatic rings. The van der Waals surface area contributed by atoms with Crippen molar-refractivity contribution in [1.82, 2.24) is 4.90 Å². The summed E-state index contributed by atoms with van der Waals surface area (Å²) in [6.45, 7) is 2.54. The number of likely N-dealkylation sites (N-methyl/N-ethyl adjacent to an activating group) is 1. The van der Waals surface area contributed by atoms with Crippen LogP contribution in [-0.4, -0.2) is 36.0 Å². The zero-order valence-electron chi connectivity index (χ0n) is 14.8. The average molecular weight is 325 g/mol. The number of hydrogen-bond donors (Lipinski definition) is 0. The van der Waals surface area contributed by atoms with Gasteiger partial charge in [0.25, 0.3) is 0 Å². The van der Waals surface area contributed by atoms with E-state index in [2.05, 4.69) is 36.1 Å². The fourth-order valence-corrected chi connectivity index (χ4v) is 4.15. The van der Waals surface area contributed by atoms with Gasteiger partial charge in [-0.1, -0.05) is 37.5 Å². The Morgan fingerprint density at radius 2 is 2.04 bits per heavy atom. The minimum Gasteiger partial charge on any atom is -0.359 e. The van der Waals surface area contributed by atoms with E-state index in [9.17, 15) is 10.1 Å². The number of para-hydroxylation sites is 1. The summed E-state index contributed by atoms with van der Waals surface area (Å²) in [5.41, 5.74) is 1.89. The molecule has 1 aliphatic carbocycles. The highest BCUT2D eigenvalue weighted by Crippen LogP contribution is 2.34. The van der Waals surface area contributed by atoms with Gasteiger partial charge in [0.2, 0.25) is 5.91 Å². The molecule has 3 rings (SSSR count). The van der Waals surface area contributed by atoms with Crippen molar-refractivity contribution in [2.24, 2.45) is 0 Å². The quantitative estimate of drug-likeness (QED) is 0.854. The van der Waals surface area contributed by atoms with Gasteiger partial charge in [-0.2, -0.15) is 5.26 Å². The number of amides is 1. The number of aryl methyl sites for hydroxylation is 1. The molecule has 1 aromatic carbocycles. The number of rotatable bonds is 3. The molecule has 0 saturated heterocycles. The Bertz CT molecular complexity index is 643. The molecule has 24 heavy (non-hydrogen) atoms. The molecule has 4 heteroatoms. The maximum atomic E-state index is 13.0. The lowest BCUT2D eigenvalue weighted by atomic mass is 9.81. The standard InChI is InChI=1S/C20H27N3O/c1-16-10-11-17-8-4-5-9-18(17)23(16)14-19(24)22(2)20(15-21)12-6-3-7-13-20/h4-5,8-9,16H,3,6-7,10-14H2,1-2H3. The monoisotopic (exact) mass is 325 g/mol. The third-order valence-electron chi connectivity index (χ3n) is 5.88. The molecule has 2 aliphatic rings. The first-order chi connectivity index (χ1) is 11.6. The average Bonchev–Trinajstić information content (AvgIpc) is 2.64. The van der Waals surface area contributed by atoms with E-state index in [1.807, 2.05) is 13.1 Å². The van der Waals surface area contributed by atoms with Crippen LogP contribution in [0.15, 0.2) is 24.3 Å². The van der Waals surface area contributed by atoms with Crippen molar-refractivity contribution in [2.75, 3.05) is 18.5 Å². The maximum absolute atomic E-state index is 13.0. The van der Waals surface area contributed by atoms with Crippen LogP contribution in [-0.2, 0) is 11.2 Å². The number of carbonyl (C=O) groups excluding carboxylic acids is 1. The minimum absolute atomic E-state index is 0.0574. The van der Waals surface area contributed by atoms with Gasteiger partial charge in [-0.05, 0) is 44.2 Å². The van der Waals surface area contributed by atoms with Gasteiger partial charge in [-0.25, -0.2) is 0 Å². The van der Waals surface area contributed by atoms with Gasteiger partial charge in [0.1, 0.15) is 5.54 Å². The molecule has 4 nitrogen and oxygen atoms in total. The lowest BCUT2D eigenvalue weighted by Gasteiger charge is -2.42. The fraction of sp³-hybridized carbons (Fsp3) is 0.600. The van der Waals surface area contributed by atoms with Crippen LogP contribution in [0.3, 0.4) is 0 Å². The highest BCUT2D eigenvalue weighted by Gasteiger charge is 2.39. The van der Waals surface area contributed by atoms with E-state index >= 15 is 0 Å².